The number of nitrogens with zero attached hydrogens (tertiary/aromatic N) is 1. The minimum absolute atomic E-state index is 0.0140. The van der Waals surface area contributed by atoms with Crippen LogP contribution in [0.5, 0.6) is 5.75 Å². The third-order valence-electron chi connectivity index (χ3n) is 5.26. The lowest BCUT2D eigenvalue weighted by atomic mass is 9.76. The summed E-state index contributed by atoms with van der Waals surface area (Å²) in [5.74, 6) is 1.50. The number of carbonyl (C=O) groups is 1. The van der Waals surface area contributed by atoms with E-state index in [0.717, 1.165) is 30.7 Å². The van der Waals surface area contributed by atoms with Crippen molar-refractivity contribution in [1.82, 2.24) is 0 Å². The van der Waals surface area contributed by atoms with Gasteiger partial charge in [0.2, 0.25) is 5.91 Å². The summed E-state index contributed by atoms with van der Waals surface area (Å²) in [7, 11) is 1.69. The summed E-state index contributed by atoms with van der Waals surface area (Å²) in [5, 5.41) is 0. The number of methoxy groups -OCH3 is 1. The van der Waals surface area contributed by atoms with Gasteiger partial charge in [0.25, 0.3) is 0 Å². The first-order valence-electron chi connectivity index (χ1n) is 8.14. The number of rotatable bonds is 2. The molecule has 2 aliphatic rings. The van der Waals surface area contributed by atoms with E-state index in [2.05, 4.69) is 39.9 Å². The van der Waals surface area contributed by atoms with Crippen LogP contribution >= 0.6 is 15.9 Å². The number of carbonyl (C=O) groups excluding carboxylic acids is 1. The van der Waals surface area contributed by atoms with Crippen LogP contribution in [0.25, 0.3) is 0 Å². The predicted octanol–water partition coefficient (Wildman–Crippen LogP) is 4.63. The SMILES string of the molecule is COc1ccc2c(c1)C(C)CC1(CCCC1)N2C(=O)C(C)Br. The number of amides is 1. The van der Waals surface area contributed by atoms with Gasteiger partial charge < -0.3 is 9.64 Å². The second kappa shape index (κ2) is 5.88. The molecule has 1 fully saturated rings. The van der Waals surface area contributed by atoms with Crippen molar-refractivity contribution in [2.24, 2.45) is 0 Å². The molecule has 2 atom stereocenters. The van der Waals surface area contributed by atoms with E-state index in [1.165, 1.54) is 18.4 Å². The third-order valence-corrected chi connectivity index (χ3v) is 5.65. The van der Waals surface area contributed by atoms with Crippen molar-refractivity contribution < 1.29 is 9.53 Å². The fourth-order valence-corrected chi connectivity index (χ4v) is 4.48. The van der Waals surface area contributed by atoms with Gasteiger partial charge in [-0.25, -0.2) is 0 Å². The average Bonchev–Trinajstić information content (AvgIpc) is 2.95. The Hall–Kier alpha value is -1.03. The van der Waals surface area contributed by atoms with Crippen LogP contribution in [0.2, 0.25) is 0 Å². The number of hydrogen-bond acceptors (Lipinski definition) is 2. The minimum Gasteiger partial charge on any atom is -0.497 e. The second-order valence-corrected chi connectivity index (χ2v) is 8.12. The fourth-order valence-electron chi connectivity index (χ4n) is 4.28. The number of halogens is 1. The topological polar surface area (TPSA) is 29.5 Å². The molecule has 0 bridgehead atoms. The van der Waals surface area contributed by atoms with Crippen LogP contribution in [0.4, 0.5) is 5.69 Å². The Bertz CT molecular complexity index is 578. The summed E-state index contributed by atoms with van der Waals surface area (Å²) >= 11 is 3.48. The maximum atomic E-state index is 12.9. The quantitative estimate of drug-likeness (QED) is 0.714. The molecule has 1 heterocycles. The van der Waals surface area contributed by atoms with Gasteiger partial charge in [0.05, 0.1) is 11.9 Å². The Morgan fingerprint density at radius 2 is 2.09 bits per heavy atom. The largest absolute Gasteiger partial charge is 0.497 e. The Morgan fingerprint density at radius 3 is 2.68 bits per heavy atom. The molecule has 22 heavy (non-hydrogen) atoms. The zero-order valence-corrected chi connectivity index (χ0v) is 15.1. The summed E-state index contributed by atoms with van der Waals surface area (Å²) in [4.78, 5) is 14.9. The van der Waals surface area contributed by atoms with Crippen LogP contribution in [0, 0.1) is 0 Å². The lowest BCUT2D eigenvalue weighted by Gasteiger charge is -2.48. The highest BCUT2D eigenvalue weighted by atomic mass is 79.9. The van der Waals surface area contributed by atoms with Crippen LogP contribution in [0.1, 0.15) is 57.4 Å². The molecule has 1 amide bonds. The molecular formula is C18H24BrNO2. The van der Waals surface area contributed by atoms with Crippen LogP contribution < -0.4 is 9.64 Å². The lowest BCUT2D eigenvalue weighted by molar-refractivity contribution is -0.119. The standard InChI is InChI=1S/C18H24BrNO2/c1-12-11-18(8-4-5-9-18)20(17(21)13(2)19)16-7-6-14(22-3)10-15(12)16/h6-7,10,12-13H,4-5,8-9,11H2,1-3H3. The van der Waals surface area contributed by atoms with Crippen LogP contribution in [0.3, 0.4) is 0 Å². The van der Waals surface area contributed by atoms with Crippen molar-refractivity contribution in [3.05, 3.63) is 23.8 Å². The van der Waals surface area contributed by atoms with Gasteiger partial charge in [-0.05, 0) is 55.9 Å². The van der Waals surface area contributed by atoms with E-state index in [1.807, 2.05) is 13.0 Å². The van der Waals surface area contributed by atoms with Gasteiger partial charge in [0.15, 0.2) is 0 Å². The molecule has 0 aromatic heterocycles. The lowest BCUT2D eigenvalue weighted by Crippen LogP contribution is -2.55. The molecule has 1 aromatic rings. The first-order valence-corrected chi connectivity index (χ1v) is 9.06. The summed E-state index contributed by atoms with van der Waals surface area (Å²) in [6, 6.07) is 6.14. The van der Waals surface area contributed by atoms with E-state index in [9.17, 15) is 4.79 Å². The summed E-state index contributed by atoms with van der Waals surface area (Å²) in [6.07, 6.45) is 5.73. The molecule has 2 unspecified atom stereocenters. The van der Waals surface area contributed by atoms with Crippen molar-refractivity contribution in [1.29, 1.82) is 0 Å². The molecule has 120 valence electrons. The highest BCUT2D eigenvalue weighted by Crippen LogP contribution is 2.51. The summed E-state index contributed by atoms with van der Waals surface area (Å²) in [6.45, 7) is 4.20. The maximum absolute atomic E-state index is 12.9. The maximum Gasteiger partial charge on any atom is 0.241 e. The van der Waals surface area contributed by atoms with Gasteiger partial charge >= 0.3 is 0 Å². The summed E-state index contributed by atoms with van der Waals surface area (Å²) < 4.78 is 5.38. The number of alkyl halides is 1. The molecule has 0 N–H and O–H groups in total. The number of ether oxygens (including phenoxy) is 1. The van der Waals surface area contributed by atoms with E-state index in [1.54, 1.807) is 7.11 Å². The van der Waals surface area contributed by atoms with E-state index in [0.29, 0.717) is 5.92 Å². The van der Waals surface area contributed by atoms with Crippen molar-refractivity contribution in [2.75, 3.05) is 12.0 Å². The van der Waals surface area contributed by atoms with E-state index in [4.69, 9.17) is 4.74 Å². The van der Waals surface area contributed by atoms with Crippen LogP contribution in [0.15, 0.2) is 18.2 Å². The molecule has 1 saturated carbocycles. The predicted molar refractivity (Wildman–Crippen MR) is 93.1 cm³/mol. The van der Waals surface area contributed by atoms with E-state index in [-0.39, 0.29) is 16.3 Å². The van der Waals surface area contributed by atoms with Crippen molar-refractivity contribution in [2.45, 2.75) is 62.2 Å². The van der Waals surface area contributed by atoms with Gasteiger partial charge in [0, 0.05) is 11.2 Å². The summed E-state index contributed by atoms with van der Waals surface area (Å²) in [5.41, 5.74) is 2.33. The van der Waals surface area contributed by atoms with Crippen LogP contribution in [-0.2, 0) is 4.79 Å². The van der Waals surface area contributed by atoms with Gasteiger partial charge in [-0.15, -0.1) is 0 Å². The first-order chi connectivity index (χ1) is 10.5. The zero-order chi connectivity index (χ0) is 15.9. The van der Waals surface area contributed by atoms with Gasteiger partial charge in [0.1, 0.15) is 5.75 Å². The monoisotopic (exact) mass is 365 g/mol. The molecule has 1 spiro atoms. The molecule has 0 radical (unpaired) electrons. The second-order valence-electron chi connectivity index (χ2n) is 6.75. The average molecular weight is 366 g/mol. The van der Waals surface area contributed by atoms with E-state index >= 15 is 0 Å². The number of benzene rings is 1. The molecule has 1 aliphatic carbocycles. The molecule has 0 saturated heterocycles. The van der Waals surface area contributed by atoms with Crippen molar-refractivity contribution in [3.63, 3.8) is 0 Å². The van der Waals surface area contributed by atoms with Crippen LogP contribution in [-0.4, -0.2) is 23.4 Å². The Labute approximate surface area is 141 Å². The minimum atomic E-state index is -0.159. The number of hydrogen-bond donors (Lipinski definition) is 0. The van der Waals surface area contributed by atoms with E-state index < -0.39 is 0 Å². The van der Waals surface area contributed by atoms with Crippen molar-refractivity contribution >= 4 is 27.5 Å². The molecule has 3 rings (SSSR count). The normalized spacial score (nSPS) is 24.2. The van der Waals surface area contributed by atoms with Crippen molar-refractivity contribution in [3.8, 4) is 5.75 Å². The number of fused-ring (bicyclic) bond motifs is 1. The molecule has 1 aromatic carbocycles. The van der Waals surface area contributed by atoms with Gasteiger partial charge in [-0.2, -0.15) is 0 Å². The first kappa shape index (κ1) is 15.9. The zero-order valence-electron chi connectivity index (χ0n) is 13.6. The number of anilines is 1. The molecule has 3 nitrogen and oxygen atoms in total. The Kier molecular flexibility index (Phi) is 4.23. The van der Waals surface area contributed by atoms with Gasteiger partial charge in [-0.1, -0.05) is 35.7 Å². The fraction of sp³-hybridized carbons (Fsp3) is 0.611. The highest BCUT2D eigenvalue weighted by molar-refractivity contribution is 9.10. The molecular weight excluding hydrogens is 342 g/mol. The molecule has 1 aliphatic heterocycles. The molecule has 4 heteroatoms. The smallest absolute Gasteiger partial charge is 0.241 e. The Morgan fingerprint density at radius 1 is 1.41 bits per heavy atom. The third kappa shape index (κ3) is 2.45. The highest BCUT2D eigenvalue weighted by Gasteiger charge is 2.48. The van der Waals surface area contributed by atoms with Gasteiger partial charge in [-0.3, -0.25) is 4.79 Å². The Balaban J connectivity index is 2.13.